The standard InChI is InChI=1S/C30H27ClN4O3S.C28H23N3O3S/c1-39(37,38)28-10-8-25(16-23(28)19-34-14-12-32-13-15-34)35-29(36)11-5-22-18-33-27-9-4-21(17-26(27)30(22)35)20-2-6-24(31)7-3-20;1-35(33,34)23-10-8-22(9-11-23)31-26(32)13-5-20-17-30-25-12-4-19(16-24(25)27(20)31)18-2-6-21(7-3-18)28(29)14-15-28/h2-11,16-18,32H,12-15,19H2,1H3;2-13,16-17H,14-15,29H2,1H3. The highest BCUT2D eigenvalue weighted by Crippen LogP contribution is 2.43. The quantitative estimate of drug-likeness (QED) is 0.104. The molecular weight excluding hydrogens is 990 g/mol. The third kappa shape index (κ3) is 9.71. The summed E-state index contributed by atoms with van der Waals surface area (Å²) in [6, 6.07) is 46.1. The minimum atomic E-state index is -3.46. The van der Waals surface area contributed by atoms with E-state index in [0.717, 1.165) is 117 Å². The number of halogens is 1. The molecule has 2 aliphatic rings. The molecule has 16 heteroatoms. The molecule has 5 heterocycles. The number of sulfone groups is 2. The maximum absolute atomic E-state index is 13.4. The van der Waals surface area contributed by atoms with Crippen molar-refractivity contribution in [1.82, 2.24) is 29.3 Å². The smallest absolute Gasteiger partial charge is 0.255 e. The summed E-state index contributed by atoms with van der Waals surface area (Å²) in [5, 5.41) is 7.28. The summed E-state index contributed by atoms with van der Waals surface area (Å²) in [4.78, 5) is 38.5. The second kappa shape index (κ2) is 19.2. The second-order valence-corrected chi connectivity index (χ2v) is 23.6. The van der Waals surface area contributed by atoms with Crippen LogP contribution in [0.5, 0.6) is 0 Å². The Morgan fingerprint density at radius 3 is 1.68 bits per heavy atom. The lowest BCUT2D eigenvalue weighted by Gasteiger charge is -2.28. The molecule has 0 bridgehead atoms. The van der Waals surface area contributed by atoms with E-state index in [-0.39, 0.29) is 26.4 Å². The van der Waals surface area contributed by atoms with Gasteiger partial charge in [-0.25, -0.2) is 8.42 Å². The van der Waals surface area contributed by atoms with Crippen LogP contribution in [0.25, 0.3) is 77.2 Å². The molecule has 372 valence electrons. The molecule has 1 saturated heterocycles. The average Bonchev–Trinajstić information content (AvgIpc) is 4.17. The molecule has 74 heavy (non-hydrogen) atoms. The van der Waals surface area contributed by atoms with Gasteiger partial charge in [-0.15, -0.1) is 4.21 Å². The zero-order valence-electron chi connectivity index (χ0n) is 40.5. The van der Waals surface area contributed by atoms with Crippen molar-refractivity contribution in [3.05, 3.63) is 201 Å². The molecule has 1 saturated carbocycles. The number of pyridine rings is 4. The molecular formula is C58H50ClN7O6S2. The predicted octanol–water partition coefficient (Wildman–Crippen LogP) is 9.44. The van der Waals surface area contributed by atoms with Gasteiger partial charge in [-0.2, -0.15) is 0 Å². The van der Waals surface area contributed by atoms with Gasteiger partial charge in [-0.05, 0) is 132 Å². The van der Waals surface area contributed by atoms with Gasteiger partial charge in [0, 0.05) is 113 Å². The van der Waals surface area contributed by atoms with E-state index in [1.165, 1.54) is 30.5 Å². The Morgan fingerprint density at radius 2 is 1.16 bits per heavy atom. The Bertz CT molecular complexity index is 4130. The van der Waals surface area contributed by atoms with Gasteiger partial charge in [-0.1, -0.05) is 60.1 Å². The number of hydrogen-bond acceptors (Lipinski definition) is 11. The van der Waals surface area contributed by atoms with Crippen LogP contribution >= 0.6 is 11.6 Å². The van der Waals surface area contributed by atoms with Crippen molar-refractivity contribution < 1.29 is 17.2 Å². The fourth-order valence-corrected chi connectivity index (χ4v) is 11.6. The molecule has 12 rings (SSSR count). The Morgan fingerprint density at radius 1 is 0.662 bits per heavy atom. The second-order valence-electron chi connectivity index (χ2n) is 19.2. The highest BCUT2D eigenvalue weighted by molar-refractivity contribution is 7.97. The largest absolute Gasteiger partial charge is 0.610 e. The first-order valence-electron chi connectivity index (χ1n) is 24.1. The van der Waals surface area contributed by atoms with Gasteiger partial charge in [0.25, 0.3) is 11.1 Å². The van der Waals surface area contributed by atoms with E-state index in [9.17, 15) is 26.8 Å². The van der Waals surface area contributed by atoms with Crippen molar-refractivity contribution in [2.45, 2.75) is 34.7 Å². The first-order valence-corrected chi connectivity index (χ1v) is 28.3. The first kappa shape index (κ1) is 49.0. The normalized spacial score (nSPS) is 15.5. The third-order valence-electron chi connectivity index (χ3n) is 14.0. The molecule has 1 atom stereocenters. The number of aromatic nitrogens is 4. The van der Waals surface area contributed by atoms with Gasteiger partial charge >= 0.3 is 0 Å². The molecule has 1 aliphatic carbocycles. The Hall–Kier alpha value is -7.21. The SMILES string of the molecule is CS(=O)(=O)c1ccc(-n2c(=O)ccc3cnc4ccc(-c5ccc(C6(N)CC6)cc5)cc4c32)cc1.C[S+](=O)([O-])c1ccc(-n2c(=O)ccc3cnc4ccc(-c5ccc(Cl)cc5)cc4c32)cc1CN1CCNCC1. The lowest BCUT2D eigenvalue weighted by atomic mass is 9.98. The van der Waals surface area contributed by atoms with Crippen LogP contribution in [0.3, 0.4) is 0 Å². The molecule has 2 fully saturated rings. The third-order valence-corrected chi connectivity index (χ3v) is 16.6. The van der Waals surface area contributed by atoms with Crippen molar-refractivity contribution in [3.63, 3.8) is 0 Å². The van der Waals surface area contributed by atoms with E-state index in [1.807, 2.05) is 60.7 Å². The van der Waals surface area contributed by atoms with Gasteiger partial charge in [0.1, 0.15) is 6.26 Å². The molecule has 0 radical (unpaired) electrons. The van der Waals surface area contributed by atoms with Crippen molar-refractivity contribution in [2.24, 2.45) is 5.73 Å². The van der Waals surface area contributed by atoms with Crippen molar-refractivity contribution in [3.8, 4) is 33.6 Å². The lowest BCUT2D eigenvalue weighted by molar-refractivity contribution is 0.231. The number of piperazine rings is 1. The van der Waals surface area contributed by atoms with Gasteiger partial charge < -0.3 is 15.6 Å². The van der Waals surface area contributed by atoms with Crippen LogP contribution < -0.4 is 22.2 Å². The Balaban J connectivity index is 0.000000160. The van der Waals surface area contributed by atoms with Crippen LogP contribution in [0.15, 0.2) is 183 Å². The number of fused-ring (bicyclic) bond motifs is 6. The van der Waals surface area contributed by atoms with E-state index in [1.54, 1.807) is 57.9 Å². The van der Waals surface area contributed by atoms with Gasteiger partial charge in [0.15, 0.2) is 14.7 Å². The Labute approximate surface area is 433 Å². The van der Waals surface area contributed by atoms with Gasteiger partial charge in [0.2, 0.25) is 0 Å². The molecule has 1 aliphatic heterocycles. The molecule has 0 spiro atoms. The zero-order valence-corrected chi connectivity index (χ0v) is 42.9. The molecule has 3 N–H and O–H groups in total. The number of rotatable bonds is 9. The number of benzene rings is 6. The van der Waals surface area contributed by atoms with Crippen LogP contribution in [0.1, 0.15) is 24.0 Å². The predicted molar refractivity (Wildman–Crippen MR) is 295 cm³/mol. The monoisotopic (exact) mass is 1040 g/mol. The van der Waals surface area contributed by atoms with Crippen molar-refractivity contribution >= 4 is 75.3 Å². The van der Waals surface area contributed by atoms with E-state index < -0.39 is 20.1 Å². The lowest BCUT2D eigenvalue weighted by Crippen LogP contribution is -2.43. The number of nitrogens with zero attached hydrogens (tertiary/aromatic N) is 5. The summed E-state index contributed by atoms with van der Waals surface area (Å²) >= 11 is 6.10. The molecule has 0 amide bonds. The maximum Gasteiger partial charge on any atom is 0.255 e. The number of hydrogen-bond donors (Lipinski definition) is 2. The van der Waals surface area contributed by atoms with E-state index in [0.29, 0.717) is 28.5 Å². The minimum Gasteiger partial charge on any atom is -0.610 e. The summed E-state index contributed by atoms with van der Waals surface area (Å²) in [7, 11) is -6.80. The summed E-state index contributed by atoms with van der Waals surface area (Å²) in [5.74, 6) is 0. The maximum atomic E-state index is 13.4. The summed E-state index contributed by atoms with van der Waals surface area (Å²) in [6.45, 7) is 3.84. The van der Waals surface area contributed by atoms with Crippen LogP contribution in [-0.4, -0.2) is 75.7 Å². The molecule has 4 aromatic heterocycles. The van der Waals surface area contributed by atoms with Crippen LogP contribution in [0, 0.1) is 0 Å². The fraction of sp³-hybridized carbons (Fsp3) is 0.172. The van der Waals surface area contributed by atoms with E-state index in [4.69, 9.17) is 17.3 Å². The van der Waals surface area contributed by atoms with E-state index >= 15 is 0 Å². The molecule has 6 aromatic carbocycles. The highest BCUT2D eigenvalue weighted by atomic mass is 35.5. The van der Waals surface area contributed by atoms with Gasteiger partial charge in [0.05, 0.1) is 37.2 Å². The molecule has 10 aromatic rings. The minimum absolute atomic E-state index is 0.176. The van der Waals surface area contributed by atoms with Crippen molar-refractivity contribution in [2.75, 3.05) is 38.7 Å². The van der Waals surface area contributed by atoms with Gasteiger partial charge in [-0.3, -0.25) is 33.6 Å². The van der Waals surface area contributed by atoms with Crippen molar-refractivity contribution in [1.29, 1.82) is 0 Å². The topological polar surface area (TPSA) is 185 Å². The fourth-order valence-electron chi connectivity index (χ4n) is 9.90. The first-order chi connectivity index (χ1) is 35.5. The molecule has 13 nitrogen and oxygen atoms in total. The Kier molecular flexibility index (Phi) is 12.8. The average molecular weight is 1040 g/mol. The van der Waals surface area contributed by atoms with Crippen LogP contribution in [-0.2, 0) is 36.3 Å². The van der Waals surface area contributed by atoms with Crippen LogP contribution in [0.2, 0.25) is 5.02 Å². The highest BCUT2D eigenvalue weighted by Gasteiger charge is 2.39. The number of nitrogens with one attached hydrogen (secondary N) is 1. The zero-order chi connectivity index (χ0) is 51.5. The summed E-state index contributed by atoms with van der Waals surface area (Å²) < 4.78 is 52.4. The number of nitrogens with two attached hydrogens (primary N) is 1. The molecule has 1 unspecified atom stereocenters. The van der Waals surface area contributed by atoms with E-state index in [2.05, 4.69) is 50.5 Å². The summed E-state index contributed by atoms with van der Waals surface area (Å²) in [5.41, 5.74) is 15.8. The van der Waals surface area contributed by atoms with Crippen LogP contribution in [0.4, 0.5) is 0 Å². The summed E-state index contributed by atoms with van der Waals surface area (Å²) in [6.07, 6.45) is 7.94.